The van der Waals surface area contributed by atoms with Crippen LogP contribution in [0.4, 0.5) is 0 Å². The molecule has 1 aromatic rings. The topological polar surface area (TPSA) is 49.7 Å². The van der Waals surface area contributed by atoms with Gasteiger partial charge in [-0.05, 0) is 12.5 Å². The zero-order chi connectivity index (χ0) is 12.0. The molecule has 0 aromatic heterocycles. The molecule has 1 unspecified atom stereocenters. The highest BCUT2D eigenvalue weighted by Gasteiger charge is 2.11. The Morgan fingerprint density at radius 3 is 2.62 bits per heavy atom. The average Bonchev–Trinajstić information content (AvgIpc) is 2.35. The lowest BCUT2D eigenvalue weighted by atomic mass is 10.1. The average molecular weight is 224 g/mol. The molecule has 90 valence electrons. The van der Waals surface area contributed by atoms with E-state index in [2.05, 4.69) is 0 Å². The minimum absolute atomic E-state index is 0.104. The van der Waals surface area contributed by atoms with E-state index in [4.69, 9.17) is 9.84 Å². The van der Waals surface area contributed by atoms with Crippen LogP contribution in [-0.4, -0.2) is 23.4 Å². The zero-order valence-electron chi connectivity index (χ0n) is 9.89. The van der Waals surface area contributed by atoms with E-state index < -0.39 is 6.10 Å². The van der Waals surface area contributed by atoms with Crippen molar-refractivity contribution in [2.24, 2.45) is 5.92 Å². The third-order valence-electron chi connectivity index (χ3n) is 2.50. The maximum absolute atomic E-state index is 9.80. The second-order valence-electron chi connectivity index (χ2n) is 4.06. The van der Waals surface area contributed by atoms with E-state index >= 15 is 0 Å². The molecule has 0 aliphatic carbocycles. The van der Waals surface area contributed by atoms with Gasteiger partial charge in [0.2, 0.25) is 0 Å². The molecule has 1 aromatic carbocycles. The first-order valence-corrected chi connectivity index (χ1v) is 5.69. The van der Waals surface area contributed by atoms with E-state index in [9.17, 15) is 5.11 Å². The summed E-state index contributed by atoms with van der Waals surface area (Å²) in [5, 5.41) is 18.7. The molecule has 0 radical (unpaired) electrons. The van der Waals surface area contributed by atoms with Crippen molar-refractivity contribution in [1.82, 2.24) is 0 Å². The van der Waals surface area contributed by atoms with Crippen LogP contribution in [0.15, 0.2) is 24.3 Å². The summed E-state index contributed by atoms with van der Waals surface area (Å²) in [5.74, 6) is 0.809. The normalized spacial score (nSPS) is 14.5. The number of aliphatic hydroxyl groups excluding tert-OH is 2. The predicted octanol–water partition coefficient (Wildman–Crippen LogP) is 2.14. The van der Waals surface area contributed by atoms with E-state index in [-0.39, 0.29) is 12.5 Å². The molecule has 0 saturated carbocycles. The summed E-state index contributed by atoms with van der Waals surface area (Å²) in [6.45, 7) is 4.42. The van der Waals surface area contributed by atoms with E-state index in [1.807, 2.05) is 38.1 Å². The van der Waals surface area contributed by atoms with Gasteiger partial charge >= 0.3 is 0 Å². The van der Waals surface area contributed by atoms with Crippen molar-refractivity contribution in [3.63, 3.8) is 0 Å². The molecule has 2 atom stereocenters. The smallest absolute Gasteiger partial charge is 0.125 e. The quantitative estimate of drug-likeness (QED) is 0.778. The van der Waals surface area contributed by atoms with E-state index in [1.54, 1.807) is 0 Å². The maximum atomic E-state index is 9.80. The second-order valence-corrected chi connectivity index (χ2v) is 4.06. The van der Waals surface area contributed by atoms with Gasteiger partial charge in [0.1, 0.15) is 5.75 Å². The van der Waals surface area contributed by atoms with Crippen molar-refractivity contribution in [3.8, 4) is 5.75 Å². The van der Waals surface area contributed by atoms with Crippen LogP contribution in [0.3, 0.4) is 0 Å². The Balaban J connectivity index is 2.71. The lowest BCUT2D eigenvalue weighted by molar-refractivity contribution is 0.153. The third kappa shape index (κ3) is 3.51. The second kappa shape index (κ2) is 6.51. The highest BCUT2D eigenvalue weighted by Crippen LogP contribution is 2.27. The Hall–Kier alpha value is -1.06. The Kier molecular flexibility index (Phi) is 5.29. The van der Waals surface area contributed by atoms with E-state index in [0.29, 0.717) is 18.8 Å². The van der Waals surface area contributed by atoms with Crippen LogP contribution in [0.2, 0.25) is 0 Å². The first-order chi connectivity index (χ1) is 7.69. The maximum Gasteiger partial charge on any atom is 0.125 e. The Bertz CT molecular complexity index is 312. The van der Waals surface area contributed by atoms with Gasteiger partial charge in [-0.2, -0.15) is 0 Å². The predicted molar refractivity (Wildman–Crippen MR) is 63.4 cm³/mol. The fraction of sp³-hybridized carbons (Fsp3) is 0.538. The molecular formula is C13H20O3. The molecule has 0 heterocycles. The summed E-state index contributed by atoms with van der Waals surface area (Å²) in [4.78, 5) is 0. The number of para-hydroxylation sites is 1. The van der Waals surface area contributed by atoms with Crippen molar-refractivity contribution in [2.45, 2.75) is 26.4 Å². The summed E-state index contributed by atoms with van der Waals surface area (Å²) < 4.78 is 5.59. The largest absolute Gasteiger partial charge is 0.493 e. The van der Waals surface area contributed by atoms with Gasteiger partial charge in [-0.3, -0.25) is 0 Å². The Morgan fingerprint density at radius 1 is 1.31 bits per heavy atom. The summed E-state index contributed by atoms with van der Waals surface area (Å²) in [5.41, 5.74) is 0.815. The fourth-order valence-corrected chi connectivity index (χ4v) is 1.39. The van der Waals surface area contributed by atoms with Crippen LogP contribution in [-0.2, 0) is 0 Å². The molecule has 16 heavy (non-hydrogen) atoms. The molecular weight excluding hydrogens is 204 g/mol. The van der Waals surface area contributed by atoms with Gasteiger partial charge in [-0.25, -0.2) is 0 Å². The standard InChI is InChI=1S/C13H20O3/c1-3-12(15)11-6-4-5-7-13(11)16-9-10(2)8-14/h4-7,10,12,14-15H,3,8-9H2,1-2H3/t10?,12-/m1/s1. The SMILES string of the molecule is CC[C@@H](O)c1ccccc1OCC(C)CO. The zero-order valence-corrected chi connectivity index (χ0v) is 9.89. The van der Waals surface area contributed by atoms with Gasteiger partial charge < -0.3 is 14.9 Å². The Morgan fingerprint density at radius 2 is 2.00 bits per heavy atom. The van der Waals surface area contributed by atoms with Gasteiger partial charge in [0.05, 0.1) is 12.7 Å². The number of aliphatic hydroxyl groups is 2. The molecule has 1 rings (SSSR count). The molecule has 2 N–H and O–H groups in total. The van der Waals surface area contributed by atoms with Crippen LogP contribution < -0.4 is 4.74 Å². The van der Waals surface area contributed by atoms with Gasteiger partial charge in [0, 0.05) is 18.1 Å². The molecule has 0 aliphatic rings. The lowest BCUT2D eigenvalue weighted by Crippen LogP contribution is -2.13. The monoisotopic (exact) mass is 224 g/mol. The third-order valence-corrected chi connectivity index (χ3v) is 2.50. The van der Waals surface area contributed by atoms with Gasteiger partial charge in [0.25, 0.3) is 0 Å². The number of rotatable bonds is 6. The molecule has 3 nitrogen and oxygen atoms in total. The Labute approximate surface area is 96.7 Å². The van der Waals surface area contributed by atoms with Crippen molar-refractivity contribution in [3.05, 3.63) is 29.8 Å². The number of hydrogen-bond donors (Lipinski definition) is 2. The van der Waals surface area contributed by atoms with Crippen molar-refractivity contribution < 1.29 is 14.9 Å². The molecule has 0 saturated heterocycles. The minimum atomic E-state index is -0.486. The summed E-state index contributed by atoms with van der Waals surface area (Å²) >= 11 is 0. The van der Waals surface area contributed by atoms with E-state index in [0.717, 1.165) is 5.56 Å². The number of hydrogen-bond acceptors (Lipinski definition) is 3. The molecule has 0 amide bonds. The molecule has 0 aliphatic heterocycles. The van der Waals surface area contributed by atoms with Crippen molar-refractivity contribution in [1.29, 1.82) is 0 Å². The van der Waals surface area contributed by atoms with E-state index in [1.165, 1.54) is 0 Å². The summed E-state index contributed by atoms with van der Waals surface area (Å²) in [6, 6.07) is 7.48. The molecule has 0 fully saturated rings. The van der Waals surface area contributed by atoms with Gasteiger partial charge in [-0.1, -0.05) is 32.0 Å². The first-order valence-electron chi connectivity index (χ1n) is 5.69. The van der Waals surface area contributed by atoms with Crippen molar-refractivity contribution >= 4 is 0 Å². The molecule has 0 bridgehead atoms. The highest BCUT2D eigenvalue weighted by molar-refractivity contribution is 5.34. The first kappa shape index (κ1) is 13.0. The van der Waals surface area contributed by atoms with Gasteiger partial charge in [-0.15, -0.1) is 0 Å². The molecule has 0 spiro atoms. The fourth-order valence-electron chi connectivity index (χ4n) is 1.39. The van der Waals surface area contributed by atoms with Crippen LogP contribution >= 0.6 is 0 Å². The van der Waals surface area contributed by atoms with Crippen LogP contribution in [0, 0.1) is 5.92 Å². The summed E-state index contributed by atoms with van der Waals surface area (Å²) in [7, 11) is 0. The van der Waals surface area contributed by atoms with Crippen LogP contribution in [0.5, 0.6) is 5.75 Å². The summed E-state index contributed by atoms with van der Waals surface area (Å²) in [6.07, 6.45) is 0.177. The minimum Gasteiger partial charge on any atom is -0.493 e. The van der Waals surface area contributed by atoms with Crippen molar-refractivity contribution in [2.75, 3.05) is 13.2 Å². The molecule has 3 heteroatoms. The number of benzene rings is 1. The van der Waals surface area contributed by atoms with Crippen LogP contribution in [0.1, 0.15) is 31.9 Å². The van der Waals surface area contributed by atoms with Crippen LogP contribution in [0.25, 0.3) is 0 Å². The highest BCUT2D eigenvalue weighted by atomic mass is 16.5. The lowest BCUT2D eigenvalue weighted by Gasteiger charge is -2.16. The number of ether oxygens (including phenoxy) is 1. The van der Waals surface area contributed by atoms with Gasteiger partial charge in [0.15, 0.2) is 0 Å².